The van der Waals surface area contributed by atoms with Crippen molar-refractivity contribution in [2.45, 2.75) is 44.9 Å². The summed E-state index contributed by atoms with van der Waals surface area (Å²) < 4.78 is 5.70. The van der Waals surface area contributed by atoms with Gasteiger partial charge in [0.15, 0.2) is 0 Å². The average Bonchev–Trinajstić information content (AvgIpc) is 2.96. The van der Waals surface area contributed by atoms with Crippen LogP contribution in [0.15, 0.2) is 0 Å². The highest BCUT2D eigenvalue weighted by molar-refractivity contribution is 5.85. The van der Waals surface area contributed by atoms with Gasteiger partial charge in [0.05, 0.1) is 6.61 Å². The van der Waals surface area contributed by atoms with E-state index in [1.165, 1.54) is 19.3 Å². The second kappa shape index (κ2) is 7.30. The normalized spacial score (nSPS) is 36.5. The lowest BCUT2D eigenvalue weighted by atomic mass is 9.75. The largest absolute Gasteiger partial charge is 0.381 e. The maximum Gasteiger partial charge on any atom is 0.226 e. The number of nitrogens with two attached hydrogens (primary N) is 1. The van der Waals surface area contributed by atoms with E-state index in [1.807, 2.05) is 0 Å². The highest BCUT2D eigenvalue weighted by Gasteiger charge is 2.42. The third-order valence-electron chi connectivity index (χ3n) is 5.66. The maximum absolute atomic E-state index is 12.8. The number of nitrogens with zero attached hydrogens (tertiary/aromatic N) is 1. The zero-order valence-electron chi connectivity index (χ0n) is 12.9. The molecule has 1 amide bonds. The van der Waals surface area contributed by atoms with Crippen LogP contribution in [0.1, 0.15) is 44.9 Å². The van der Waals surface area contributed by atoms with E-state index in [0.29, 0.717) is 18.4 Å². The Morgan fingerprint density at radius 3 is 2.76 bits per heavy atom. The van der Waals surface area contributed by atoms with Crippen LogP contribution in [0.3, 0.4) is 0 Å². The molecule has 122 valence electrons. The Bertz CT molecular complexity index is 353. The maximum atomic E-state index is 12.8. The van der Waals surface area contributed by atoms with Crippen LogP contribution in [0, 0.1) is 17.3 Å². The fourth-order valence-corrected chi connectivity index (χ4v) is 4.51. The molecule has 21 heavy (non-hydrogen) atoms. The second-order valence-electron chi connectivity index (χ2n) is 7.05. The Hall–Kier alpha value is -0.320. The van der Waals surface area contributed by atoms with E-state index in [2.05, 4.69) is 4.90 Å². The molecule has 3 fully saturated rings. The van der Waals surface area contributed by atoms with Gasteiger partial charge in [0.2, 0.25) is 5.91 Å². The summed E-state index contributed by atoms with van der Waals surface area (Å²) in [7, 11) is 0. The number of rotatable bonds is 2. The number of carbonyl (C=O) groups excluding carboxylic acids is 1. The first-order valence-electron chi connectivity index (χ1n) is 8.31. The first kappa shape index (κ1) is 17.0. The van der Waals surface area contributed by atoms with Crippen molar-refractivity contribution in [3.05, 3.63) is 0 Å². The molecule has 2 aliphatic heterocycles. The van der Waals surface area contributed by atoms with E-state index in [9.17, 15) is 4.79 Å². The van der Waals surface area contributed by atoms with Crippen molar-refractivity contribution in [1.29, 1.82) is 0 Å². The van der Waals surface area contributed by atoms with Gasteiger partial charge < -0.3 is 15.4 Å². The minimum Gasteiger partial charge on any atom is -0.381 e. The number of hydrogen-bond acceptors (Lipinski definition) is 3. The molecule has 5 heteroatoms. The fourth-order valence-electron chi connectivity index (χ4n) is 4.51. The summed E-state index contributed by atoms with van der Waals surface area (Å²) >= 11 is 0. The van der Waals surface area contributed by atoms with Crippen molar-refractivity contribution in [2.75, 3.05) is 32.8 Å². The lowest BCUT2D eigenvalue weighted by Gasteiger charge is -2.45. The zero-order chi connectivity index (χ0) is 14.0. The molecule has 0 aromatic rings. The van der Waals surface area contributed by atoms with Gasteiger partial charge in [-0.2, -0.15) is 0 Å². The molecule has 1 saturated carbocycles. The molecule has 3 aliphatic rings. The average molecular weight is 317 g/mol. The standard InChI is InChI=1S/C16H28N2O2.ClH/c17-10-13-4-1-5-14(13)15(19)18-8-2-6-16(11-18)7-3-9-20-12-16;/h13-14H,1-12,17H2;1H/t13-,14-,16?;/m1./s1. The van der Waals surface area contributed by atoms with Crippen LogP contribution in [-0.4, -0.2) is 43.7 Å². The summed E-state index contributed by atoms with van der Waals surface area (Å²) in [6, 6.07) is 0. The minimum atomic E-state index is 0. The molecular formula is C16H29ClN2O2. The summed E-state index contributed by atoms with van der Waals surface area (Å²) in [6.07, 6.45) is 8.07. The van der Waals surface area contributed by atoms with Gasteiger partial charge in [-0.3, -0.25) is 4.79 Å². The summed E-state index contributed by atoms with van der Waals surface area (Å²) in [4.78, 5) is 15.0. The van der Waals surface area contributed by atoms with Gasteiger partial charge in [0.1, 0.15) is 0 Å². The van der Waals surface area contributed by atoms with E-state index in [0.717, 1.165) is 52.0 Å². The number of carbonyl (C=O) groups is 1. The second-order valence-corrected chi connectivity index (χ2v) is 7.05. The van der Waals surface area contributed by atoms with E-state index in [4.69, 9.17) is 10.5 Å². The summed E-state index contributed by atoms with van der Waals surface area (Å²) in [6.45, 7) is 4.27. The van der Waals surface area contributed by atoms with Crippen LogP contribution in [0.2, 0.25) is 0 Å². The van der Waals surface area contributed by atoms with Gasteiger partial charge in [-0.15, -0.1) is 12.4 Å². The van der Waals surface area contributed by atoms with Gasteiger partial charge in [-0.1, -0.05) is 6.42 Å². The molecule has 0 bridgehead atoms. The Morgan fingerprint density at radius 2 is 2.05 bits per heavy atom. The summed E-state index contributed by atoms with van der Waals surface area (Å²) in [5.74, 6) is 0.991. The lowest BCUT2D eigenvalue weighted by molar-refractivity contribution is -0.143. The predicted octanol–water partition coefficient (Wildman–Crippen LogP) is 2.20. The van der Waals surface area contributed by atoms with E-state index in [1.54, 1.807) is 0 Å². The molecule has 1 aliphatic carbocycles. The van der Waals surface area contributed by atoms with Crippen LogP contribution in [0.25, 0.3) is 0 Å². The lowest BCUT2D eigenvalue weighted by Crippen LogP contribution is -2.51. The SMILES string of the molecule is Cl.NC[C@H]1CCC[C@H]1C(=O)N1CCCC2(CCCOC2)C1. The monoisotopic (exact) mass is 316 g/mol. The Kier molecular flexibility index (Phi) is 5.92. The summed E-state index contributed by atoms with van der Waals surface area (Å²) in [5, 5.41) is 0. The zero-order valence-corrected chi connectivity index (χ0v) is 13.7. The van der Waals surface area contributed by atoms with E-state index in [-0.39, 0.29) is 23.7 Å². The number of amides is 1. The topological polar surface area (TPSA) is 55.6 Å². The first-order chi connectivity index (χ1) is 9.74. The van der Waals surface area contributed by atoms with Gasteiger partial charge in [0, 0.05) is 31.0 Å². The smallest absolute Gasteiger partial charge is 0.226 e. The fraction of sp³-hybridized carbons (Fsp3) is 0.938. The number of ether oxygens (including phenoxy) is 1. The molecule has 0 aromatic heterocycles. The van der Waals surface area contributed by atoms with Crippen molar-refractivity contribution in [3.63, 3.8) is 0 Å². The third kappa shape index (κ3) is 3.54. The number of likely N-dealkylation sites (tertiary alicyclic amines) is 1. The molecule has 4 nitrogen and oxygen atoms in total. The van der Waals surface area contributed by atoms with Crippen molar-refractivity contribution >= 4 is 18.3 Å². The molecule has 1 spiro atoms. The van der Waals surface area contributed by atoms with Crippen LogP contribution < -0.4 is 5.73 Å². The molecule has 3 rings (SSSR count). The van der Waals surface area contributed by atoms with E-state index >= 15 is 0 Å². The van der Waals surface area contributed by atoms with Crippen LogP contribution in [0.5, 0.6) is 0 Å². The van der Waals surface area contributed by atoms with Gasteiger partial charge >= 0.3 is 0 Å². The van der Waals surface area contributed by atoms with Gasteiger partial charge in [-0.05, 0) is 51.0 Å². The van der Waals surface area contributed by atoms with Crippen molar-refractivity contribution in [2.24, 2.45) is 23.0 Å². The van der Waals surface area contributed by atoms with Crippen LogP contribution in [0.4, 0.5) is 0 Å². The van der Waals surface area contributed by atoms with Gasteiger partial charge in [-0.25, -0.2) is 0 Å². The molecular weight excluding hydrogens is 288 g/mol. The number of halogens is 1. The third-order valence-corrected chi connectivity index (χ3v) is 5.66. The van der Waals surface area contributed by atoms with Crippen molar-refractivity contribution in [3.8, 4) is 0 Å². The summed E-state index contributed by atoms with van der Waals surface area (Å²) in [5.41, 5.74) is 6.09. The molecule has 2 heterocycles. The molecule has 0 radical (unpaired) electrons. The Morgan fingerprint density at radius 1 is 1.24 bits per heavy atom. The van der Waals surface area contributed by atoms with E-state index < -0.39 is 0 Å². The van der Waals surface area contributed by atoms with Crippen LogP contribution >= 0.6 is 12.4 Å². The highest BCUT2D eigenvalue weighted by atomic mass is 35.5. The highest BCUT2D eigenvalue weighted by Crippen LogP contribution is 2.39. The number of hydrogen-bond donors (Lipinski definition) is 1. The molecule has 2 N–H and O–H groups in total. The minimum absolute atomic E-state index is 0. The molecule has 1 unspecified atom stereocenters. The molecule has 2 saturated heterocycles. The van der Waals surface area contributed by atoms with Gasteiger partial charge in [0.25, 0.3) is 0 Å². The Balaban J connectivity index is 0.00000161. The quantitative estimate of drug-likeness (QED) is 0.849. The van der Waals surface area contributed by atoms with Crippen LogP contribution in [-0.2, 0) is 9.53 Å². The van der Waals surface area contributed by atoms with Crippen molar-refractivity contribution < 1.29 is 9.53 Å². The number of piperidine rings is 1. The van der Waals surface area contributed by atoms with Crippen molar-refractivity contribution in [1.82, 2.24) is 4.90 Å². The first-order valence-corrected chi connectivity index (χ1v) is 8.31. The Labute approximate surface area is 134 Å². The predicted molar refractivity (Wildman–Crippen MR) is 85.4 cm³/mol. The molecule has 0 aromatic carbocycles. The molecule has 3 atom stereocenters.